The maximum absolute atomic E-state index is 12.5. The summed E-state index contributed by atoms with van der Waals surface area (Å²) in [5, 5.41) is 18.7. The second kappa shape index (κ2) is 9.21. The maximum Gasteiger partial charge on any atom is 0.270 e. The molecule has 166 valence electrons. The van der Waals surface area contributed by atoms with E-state index in [9.17, 15) is 14.9 Å². The van der Waals surface area contributed by atoms with Gasteiger partial charge in [-0.05, 0) is 37.8 Å². The molecule has 0 unspecified atom stereocenters. The van der Waals surface area contributed by atoms with Crippen LogP contribution in [-0.2, 0) is 0 Å². The second-order valence-electron chi connectivity index (χ2n) is 8.41. The fourth-order valence-corrected chi connectivity index (χ4v) is 4.22. The number of nitrogens with one attached hydrogen (secondary N) is 2. The topological polar surface area (TPSA) is 100 Å². The van der Waals surface area contributed by atoms with Crippen LogP contribution >= 0.6 is 0 Å². The molecule has 2 N–H and O–H groups in total. The van der Waals surface area contributed by atoms with Crippen molar-refractivity contribution in [3.05, 3.63) is 70.3 Å². The smallest absolute Gasteiger partial charge is 0.270 e. The summed E-state index contributed by atoms with van der Waals surface area (Å²) in [6.45, 7) is 0. The van der Waals surface area contributed by atoms with Gasteiger partial charge in [-0.2, -0.15) is 0 Å². The molecule has 8 nitrogen and oxygen atoms in total. The molecule has 32 heavy (non-hydrogen) atoms. The van der Waals surface area contributed by atoms with Gasteiger partial charge in [0, 0.05) is 61.0 Å². The molecule has 1 heterocycles. The summed E-state index contributed by atoms with van der Waals surface area (Å²) in [5.41, 5.74) is 2.32. The number of aromatic nitrogens is 1. The van der Waals surface area contributed by atoms with Gasteiger partial charge in [0.15, 0.2) is 0 Å². The summed E-state index contributed by atoms with van der Waals surface area (Å²) in [5.74, 6) is 0.591. The standard InChI is InChI=1S/C24H27N5O3/c1-28(2)22-15-23(27-21-9-4-3-8-20(21)22)25-17-10-12-18(13-11-17)26-24(30)16-6-5-7-19(14-16)29(31)32/h3-9,14-15,17-18H,10-13H2,1-2H3,(H,25,27)(H,26,30)/t17-,18+. The minimum absolute atomic E-state index is 0.0571. The van der Waals surface area contributed by atoms with Crippen molar-refractivity contribution in [2.45, 2.75) is 37.8 Å². The summed E-state index contributed by atoms with van der Waals surface area (Å²) in [6.07, 6.45) is 3.50. The third-order valence-electron chi connectivity index (χ3n) is 5.91. The van der Waals surface area contributed by atoms with E-state index in [-0.39, 0.29) is 23.7 Å². The Kier molecular flexibility index (Phi) is 6.20. The lowest BCUT2D eigenvalue weighted by Crippen LogP contribution is -2.40. The Hall–Kier alpha value is -3.68. The van der Waals surface area contributed by atoms with Gasteiger partial charge in [-0.1, -0.05) is 24.3 Å². The Balaban J connectivity index is 1.37. The average molecular weight is 434 g/mol. The van der Waals surface area contributed by atoms with Gasteiger partial charge in [-0.15, -0.1) is 0 Å². The Morgan fingerprint density at radius 3 is 2.47 bits per heavy atom. The van der Waals surface area contributed by atoms with Crippen LogP contribution in [0.15, 0.2) is 54.6 Å². The third kappa shape index (κ3) is 4.80. The number of anilines is 2. The number of nitro groups is 1. The molecule has 4 rings (SSSR count). The van der Waals surface area contributed by atoms with E-state index in [0.717, 1.165) is 48.1 Å². The first-order chi connectivity index (χ1) is 15.4. The largest absolute Gasteiger partial charge is 0.377 e. The number of pyridine rings is 1. The van der Waals surface area contributed by atoms with E-state index < -0.39 is 4.92 Å². The molecule has 0 saturated heterocycles. The quantitative estimate of drug-likeness (QED) is 0.442. The molecule has 3 aromatic rings. The molecule has 1 aliphatic carbocycles. The van der Waals surface area contributed by atoms with Crippen molar-refractivity contribution in [1.29, 1.82) is 0 Å². The average Bonchev–Trinajstić information content (AvgIpc) is 2.79. The van der Waals surface area contributed by atoms with E-state index in [1.807, 2.05) is 32.3 Å². The van der Waals surface area contributed by atoms with Crippen LogP contribution in [-0.4, -0.2) is 42.0 Å². The Bertz CT molecular complexity index is 1140. The monoisotopic (exact) mass is 433 g/mol. The van der Waals surface area contributed by atoms with Gasteiger partial charge < -0.3 is 15.5 Å². The van der Waals surface area contributed by atoms with Gasteiger partial charge in [0.2, 0.25) is 0 Å². The molecule has 1 aliphatic rings. The molecule has 0 radical (unpaired) electrons. The highest BCUT2D eigenvalue weighted by atomic mass is 16.6. The minimum atomic E-state index is -0.490. The lowest BCUT2D eigenvalue weighted by Gasteiger charge is -2.30. The zero-order valence-corrected chi connectivity index (χ0v) is 18.2. The molecule has 0 aliphatic heterocycles. The molecule has 1 amide bonds. The summed E-state index contributed by atoms with van der Waals surface area (Å²) in [4.78, 5) is 29.8. The van der Waals surface area contributed by atoms with E-state index in [1.165, 1.54) is 18.2 Å². The van der Waals surface area contributed by atoms with Crippen molar-refractivity contribution in [3.63, 3.8) is 0 Å². The normalized spacial score (nSPS) is 18.2. The molecule has 8 heteroatoms. The molecule has 0 bridgehead atoms. The van der Waals surface area contributed by atoms with Gasteiger partial charge in [0.05, 0.1) is 10.4 Å². The summed E-state index contributed by atoms with van der Waals surface area (Å²) < 4.78 is 0. The van der Waals surface area contributed by atoms with Crippen molar-refractivity contribution in [3.8, 4) is 0 Å². The van der Waals surface area contributed by atoms with Crippen LogP contribution in [0, 0.1) is 10.1 Å². The van der Waals surface area contributed by atoms with Crippen molar-refractivity contribution < 1.29 is 9.72 Å². The van der Waals surface area contributed by atoms with Crippen molar-refractivity contribution in [1.82, 2.24) is 10.3 Å². The number of benzene rings is 2. The van der Waals surface area contributed by atoms with Crippen molar-refractivity contribution in [2.75, 3.05) is 24.3 Å². The van der Waals surface area contributed by atoms with E-state index in [4.69, 9.17) is 4.98 Å². The number of amides is 1. The predicted octanol–water partition coefficient (Wildman–Crippen LogP) is 4.36. The maximum atomic E-state index is 12.5. The number of non-ortho nitro benzene ring substituents is 1. The number of rotatable bonds is 6. The van der Waals surface area contributed by atoms with E-state index in [2.05, 4.69) is 27.7 Å². The van der Waals surface area contributed by atoms with Crippen LogP contribution in [0.5, 0.6) is 0 Å². The molecule has 1 aromatic heterocycles. The van der Waals surface area contributed by atoms with E-state index in [1.54, 1.807) is 6.07 Å². The minimum Gasteiger partial charge on any atom is -0.377 e. The first kappa shape index (κ1) is 21.5. The lowest BCUT2D eigenvalue weighted by atomic mass is 9.91. The number of carbonyl (C=O) groups excluding carboxylic acids is 1. The zero-order chi connectivity index (χ0) is 22.7. The van der Waals surface area contributed by atoms with Crippen LogP contribution in [0.1, 0.15) is 36.0 Å². The fourth-order valence-electron chi connectivity index (χ4n) is 4.22. The zero-order valence-electron chi connectivity index (χ0n) is 18.2. The Labute approximate surface area is 186 Å². The lowest BCUT2D eigenvalue weighted by molar-refractivity contribution is -0.384. The summed E-state index contributed by atoms with van der Waals surface area (Å²) in [6, 6.07) is 16.4. The fraction of sp³-hybridized carbons (Fsp3) is 0.333. The number of nitro benzene ring substituents is 1. The number of para-hydroxylation sites is 1. The third-order valence-corrected chi connectivity index (χ3v) is 5.91. The highest BCUT2D eigenvalue weighted by Crippen LogP contribution is 2.29. The number of carbonyl (C=O) groups is 1. The molecule has 0 spiro atoms. The van der Waals surface area contributed by atoms with Crippen LogP contribution in [0.4, 0.5) is 17.2 Å². The molecule has 2 aromatic carbocycles. The Morgan fingerprint density at radius 1 is 1.03 bits per heavy atom. The van der Waals surface area contributed by atoms with Gasteiger partial charge >= 0.3 is 0 Å². The van der Waals surface area contributed by atoms with Gasteiger partial charge in [0.1, 0.15) is 5.82 Å². The highest BCUT2D eigenvalue weighted by molar-refractivity contribution is 5.95. The highest BCUT2D eigenvalue weighted by Gasteiger charge is 2.24. The molecule has 1 saturated carbocycles. The van der Waals surface area contributed by atoms with Crippen LogP contribution < -0.4 is 15.5 Å². The first-order valence-electron chi connectivity index (χ1n) is 10.8. The van der Waals surface area contributed by atoms with E-state index >= 15 is 0 Å². The molecular weight excluding hydrogens is 406 g/mol. The van der Waals surface area contributed by atoms with Crippen LogP contribution in [0.2, 0.25) is 0 Å². The summed E-state index contributed by atoms with van der Waals surface area (Å²) in [7, 11) is 4.06. The molecule has 0 atom stereocenters. The molecule has 1 fully saturated rings. The van der Waals surface area contributed by atoms with Gasteiger partial charge in [-0.25, -0.2) is 4.98 Å². The van der Waals surface area contributed by atoms with Gasteiger partial charge in [0.25, 0.3) is 11.6 Å². The molecular formula is C24H27N5O3. The first-order valence-corrected chi connectivity index (χ1v) is 10.8. The van der Waals surface area contributed by atoms with Crippen LogP contribution in [0.25, 0.3) is 10.9 Å². The van der Waals surface area contributed by atoms with Gasteiger partial charge in [-0.3, -0.25) is 14.9 Å². The number of fused-ring (bicyclic) bond motifs is 1. The number of hydrogen-bond acceptors (Lipinski definition) is 6. The van der Waals surface area contributed by atoms with E-state index in [0.29, 0.717) is 5.56 Å². The SMILES string of the molecule is CN(C)c1cc(N[C@H]2CC[C@@H](NC(=O)c3cccc([N+](=O)[O-])c3)CC2)nc2ccccc12. The number of nitrogens with zero attached hydrogens (tertiary/aromatic N) is 3. The second-order valence-corrected chi connectivity index (χ2v) is 8.41. The van der Waals surface area contributed by atoms with Crippen molar-refractivity contribution >= 4 is 34.0 Å². The van der Waals surface area contributed by atoms with Crippen LogP contribution in [0.3, 0.4) is 0 Å². The summed E-state index contributed by atoms with van der Waals surface area (Å²) >= 11 is 0. The predicted molar refractivity (Wildman–Crippen MR) is 126 cm³/mol. The van der Waals surface area contributed by atoms with Crippen molar-refractivity contribution in [2.24, 2.45) is 0 Å². The number of hydrogen-bond donors (Lipinski definition) is 2. The Morgan fingerprint density at radius 2 is 1.75 bits per heavy atom.